The van der Waals surface area contributed by atoms with E-state index in [0.717, 1.165) is 0 Å². The Hall–Kier alpha value is -2.08. The molecular formula is C17H14Cl3N3O2. The van der Waals surface area contributed by atoms with E-state index in [1.165, 1.54) is 6.21 Å². The van der Waals surface area contributed by atoms with E-state index in [1.807, 2.05) is 0 Å². The third kappa shape index (κ3) is 6.38. The lowest BCUT2D eigenvalue weighted by atomic mass is 10.2. The first-order chi connectivity index (χ1) is 12.0. The summed E-state index contributed by atoms with van der Waals surface area (Å²) in [7, 11) is 0. The number of hydrogen-bond acceptors (Lipinski definition) is 3. The molecule has 0 aliphatic carbocycles. The molecule has 0 unspecified atom stereocenters. The Labute approximate surface area is 160 Å². The quantitative estimate of drug-likeness (QED) is 0.555. The Balaban J connectivity index is 1.77. The fourth-order valence-corrected chi connectivity index (χ4v) is 2.48. The van der Waals surface area contributed by atoms with Gasteiger partial charge in [0.15, 0.2) is 0 Å². The van der Waals surface area contributed by atoms with Gasteiger partial charge in [-0.2, -0.15) is 5.10 Å². The minimum Gasteiger partial charge on any atom is -0.325 e. The average Bonchev–Trinajstić information content (AvgIpc) is 2.57. The molecule has 0 aliphatic rings. The lowest BCUT2D eigenvalue weighted by Crippen LogP contribution is -2.20. The van der Waals surface area contributed by atoms with Gasteiger partial charge < -0.3 is 5.32 Å². The van der Waals surface area contributed by atoms with Crippen molar-refractivity contribution in [3.05, 3.63) is 63.1 Å². The second kappa shape index (κ2) is 9.42. The van der Waals surface area contributed by atoms with Crippen LogP contribution in [-0.4, -0.2) is 18.0 Å². The Morgan fingerprint density at radius 3 is 2.40 bits per heavy atom. The average molecular weight is 399 g/mol. The number of anilines is 1. The predicted octanol–water partition coefficient (Wildman–Crippen LogP) is 4.52. The van der Waals surface area contributed by atoms with Gasteiger partial charge in [-0.3, -0.25) is 9.59 Å². The summed E-state index contributed by atoms with van der Waals surface area (Å²) in [5, 5.41) is 7.81. The molecule has 0 atom stereocenters. The van der Waals surface area contributed by atoms with E-state index in [9.17, 15) is 9.59 Å². The van der Waals surface area contributed by atoms with Crippen LogP contribution < -0.4 is 10.7 Å². The smallest absolute Gasteiger partial charge is 0.240 e. The van der Waals surface area contributed by atoms with E-state index in [0.29, 0.717) is 26.3 Å². The molecule has 2 N–H and O–H groups in total. The standard InChI is InChI=1S/C17H14Cl3N3O2/c18-12-6-5-11(14(20)9-12)10-21-23-17(25)8-7-16(24)22-15-4-2-1-3-13(15)19/h1-6,9-10H,7-8H2,(H,22,24)(H,23,25)/b21-10+. The van der Waals surface area contributed by atoms with Gasteiger partial charge in [-0.05, 0) is 24.3 Å². The molecule has 0 bridgehead atoms. The maximum Gasteiger partial charge on any atom is 0.240 e. The number of hydrogen-bond donors (Lipinski definition) is 2. The molecule has 0 radical (unpaired) electrons. The van der Waals surface area contributed by atoms with Crippen molar-refractivity contribution >= 4 is 58.5 Å². The van der Waals surface area contributed by atoms with Crippen LogP contribution >= 0.6 is 34.8 Å². The number of amides is 2. The zero-order valence-corrected chi connectivity index (χ0v) is 15.2. The van der Waals surface area contributed by atoms with Crippen LogP contribution in [0.5, 0.6) is 0 Å². The highest BCUT2D eigenvalue weighted by molar-refractivity contribution is 6.36. The zero-order valence-electron chi connectivity index (χ0n) is 12.9. The molecule has 0 aromatic heterocycles. The van der Waals surface area contributed by atoms with Crippen molar-refractivity contribution < 1.29 is 9.59 Å². The summed E-state index contributed by atoms with van der Waals surface area (Å²) in [4.78, 5) is 23.5. The van der Waals surface area contributed by atoms with E-state index in [-0.39, 0.29) is 18.7 Å². The number of halogens is 3. The van der Waals surface area contributed by atoms with Gasteiger partial charge in [0.25, 0.3) is 0 Å². The van der Waals surface area contributed by atoms with Crippen LogP contribution in [0.2, 0.25) is 15.1 Å². The minimum atomic E-state index is -0.393. The molecule has 2 aromatic rings. The van der Waals surface area contributed by atoms with E-state index in [1.54, 1.807) is 42.5 Å². The van der Waals surface area contributed by atoms with Crippen molar-refractivity contribution in [2.75, 3.05) is 5.32 Å². The fraction of sp³-hybridized carbons (Fsp3) is 0.118. The van der Waals surface area contributed by atoms with Gasteiger partial charge in [0.2, 0.25) is 11.8 Å². The highest BCUT2D eigenvalue weighted by Gasteiger charge is 2.08. The molecule has 130 valence electrons. The Kier molecular flexibility index (Phi) is 7.25. The molecule has 2 rings (SSSR count). The minimum absolute atomic E-state index is 0.00821. The molecule has 0 spiro atoms. The van der Waals surface area contributed by atoms with Crippen molar-refractivity contribution in [1.29, 1.82) is 0 Å². The van der Waals surface area contributed by atoms with Crippen LogP contribution in [-0.2, 0) is 9.59 Å². The normalized spacial score (nSPS) is 10.7. The molecule has 0 fully saturated rings. The van der Waals surface area contributed by atoms with Gasteiger partial charge in [0, 0.05) is 23.4 Å². The number of benzene rings is 2. The second-order valence-electron chi connectivity index (χ2n) is 4.99. The highest BCUT2D eigenvalue weighted by atomic mass is 35.5. The first kappa shape index (κ1) is 19.2. The van der Waals surface area contributed by atoms with Crippen molar-refractivity contribution in [1.82, 2.24) is 5.43 Å². The number of rotatable bonds is 6. The van der Waals surface area contributed by atoms with Gasteiger partial charge in [-0.1, -0.05) is 53.0 Å². The van der Waals surface area contributed by atoms with Crippen LogP contribution in [0, 0.1) is 0 Å². The van der Waals surface area contributed by atoms with Crippen molar-refractivity contribution in [3.63, 3.8) is 0 Å². The van der Waals surface area contributed by atoms with Gasteiger partial charge >= 0.3 is 0 Å². The SMILES string of the molecule is O=C(CCC(=O)Nc1ccccc1Cl)N/N=C/c1ccc(Cl)cc1Cl. The number of carbonyl (C=O) groups is 2. The second-order valence-corrected chi connectivity index (χ2v) is 6.24. The number of nitrogens with zero attached hydrogens (tertiary/aromatic N) is 1. The zero-order chi connectivity index (χ0) is 18.2. The van der Waals surface area contributed by atoms with E-state index >= 15 is 0 Å². The molecule has 2 aromatic carbocycles. The van der Waals surface area contributed by atoms with Gasteiger partial charge in [-0.25, -0.2) is 5.43 Å². The molecule has 5 nitrogen and oxygen atoms in total. The number of hydrazone groups is 1. The van der Waals surface area contributed by atoms with Crippen LogP contribution in [0.25, 0.3) is 0 Å². The molecule has 0 saturated carbocycles. The summed E-state index contributed by atoms with van der Waals surface area (Å²) < 4.78 is 0. The van der Waals surface area contributed by atoms with Gasteiger partial charge in [-0.15, -0.1) is 0 Å². The van der Waals surface area contributed by atoms with Crippen LogP contribution in [0.4, 0.5) is 5.69 Å². The Bertz CT molecular complexity index is 809. The summed E-state index contributed by atoms with van der Waals surface area (Å²) in [6.45, 7) is 0. The molecule has 0 saturated heterocycles. The van der Waals surface area contributed by atoms with E-state index in [4.69, 9.17) is 34.8 Å². The number of carbonyl (C=O) groups excluding carboxylic acids is 2. The van der Waals surface area contributed by atoms with E-state index in [2.05, 4.69) is 15.8 Å². The summed E-state index contributed by atoms with van der Waals surface area (Å²) in [6.07, 6.45) is 1.40. The van der Waals surface area contributed by atoms with Crippen LogP contribution in [0.15, 0.2) is 47.6 Å². The molecule has 0 heterocycles. The maximum absolute atomic E-state index is 11.8. The molecule has 25 heavy (non-hydrogen) atoms. The van der Waals surface area contributed by atoms with Gasteiger partial charge in [0.1, 0.15) is 0 Å². The predicted molar refractivity (Wildman–Crippen MR) is 102 cm³/mol. The lowest BCUT2D eigenvalue weighted by molar-refractivity contribution is -0.124. The summed E-state index contributed by atoms with van der Waals surface area (Å²) in [5.74, 6) is -0.705. The highest BCUT2D eigenvalue weighted by Crippen LogP contribution is 2.21. The molecule has 2 amide bonds. The molecule has 8 heteroatoms. The first-order valence-electron chi connectivity index (χ1n) is 7.27. The summed E-state index contributed by atoms with van der Waals surface area (Å²) in [5.41, 5.74) is 3.45. The topological polar surface area (TPSA) is 70.6 Å². The largest absolute Gasteiger partial charge is 0.325 e. The van der Waals surface area contributed by atoms with E-state index < -0.39 is 5.91 Å². The van der Waals surface area contributed by atoms with Crippen LogP contribution in [0.3, 0.4) is 0 Å². The van der Waals surface area contributed by atoms with Crippen molar-refractivity contribution in [2.45, 2.75) is 12.8 Å². The van der Waals surface area contributed by atoms with Crippen molar-refractivity contribution in [2.24, 2.45) is 5.10 Å². The fourth-order valence-electron chi connectivity index (χ4n) is 1.84. The van der Waals surface area contributed by atoms with Gasteiger partial charge in [0.05, 0.1) is 21.9 Å². The Morgan fingerprint density at radius 2 is 1.68 bits per heavy atom. The third-order valence-corrected chi connectivity index (χ3v) is 3.97. The van der Waals surface area contributed by atoms with Crippen molar-refractivity contribution in [3.8, 4) is 0 Å². The summed E-state index contributed by atoms with van der Waals surface area (Å²) in [6, 6.07) is 11.8. The first-order valence-corrected chi connectivity index (χ1v) is 8.40. The number of nitrogens with one attached hydrogen (secondary N) is 2. The Morgan fingerprint density at radius 1 is 0.960 bits per heavy atom. The maximum atomic E-state index is 11.8. The third-order valence-electron chi connectivity index (χ3n) is 3.08. The number of para-hydroxylation sites is 1. The monoisotopic (exact) mass is 397 g/mol. The summed E-state index contributed by atoms with van der Waals surface area (Å²) >= 11 is 17.7. The lowest BCUT2D eigenvalue weighted by Gasteiger charge is -2.06. The van der Waals surface area contributed by atoms with Crippen LogP contribution in [0.1, 0.15) is 18.4 Å². The molecule has 0 aliphatic heterocycles. The molecular weight excluding hydrogens is 385 g/mol.